The summed E-state index contributed by atoms with van der Waals surface area (Å²) in [6.07, 6.45) is 9.58. The fourth-order valence-electron chi connectivity index (χ4n) is 3.22. The van der Waals surface area contributed by atoms with E-state index >= 15 is 0 Å². The zero-order valence-corrected chi connectivity index (χ0v) is 13.9. The second-order valence-electron chi connectivity index (χ2n) is 6.37. The summed E-state index contributed by atoms with van der Waals surface area (Å²) in [5.74, 6) is 0.164. The van der Waals surface area contributed by atoms with E-state index in [-0.39, 0.29) is 17.8 Å². The van der Waals surface area contributed by atoms with Gasteiger partial charge in [-0.1, -0.05) is 24.4 Å². The van der Waals surface area contributed by atoms with Crippen LogP contribution < -0.4 is 5.32 Å². The van der Waals surface area contributed by atoms with Crippen LogP contribution in [0.25, 0.3) is 17.1 Å². The van der Waals surface area contributed by atoms with Crippen molar-refractivity contribution in [1.82, 2.24) is 20.0 Å². The molecule has 6 heteroatoms. The Kier molecular flexibility index (Phi) is 4.33. The van der Waals surface area contributed by atoms with Gasteiger partial charge in [0.25, 0.3) is 0 Å². The maximum Gasteiger partial charge on any atom is 0.316 e. The minimum Gasteiger partial charge on any atom is -0.345 e. The first-order valence-electron chi connectivity index (χ1n) is 8.68. The average Bonchev–Trinajstić information content (AvgIpc) is 3.35. The zero-order chi connectivity index (χ0) is 17.1. The molecule has 0 bridgehead atoms. The molecule has 0 atom stereocenters. The van der Waals surface area contributed by atoms with Gasteiger partial charge in [-0.2, -0.15) is 4.98 Å². The van der Waals surface area contributed by atoms with Gasteiger partial charge in [-0.15, -0.1) is 0 Å². The molecule has 1 saturated carbocycles. The molecule has 6 nitrogen and oxygen atoms in total. The average molecular weight is 336 g/mol. The first-order chi connectivity index (χ1) is 12.3. The maximum absolute atomic E-state index is 12.3. The summed E-state index contributed by atoms with van der Waals surface area (Å²) in [6.45, 7) is 0. The van der Waals surface area contributed by atoms with Crippen molar-refractivity contribution in [2.75, 3.05) is 0 Å². The van der Waals surface area contributed by atoms with Crippen LogP contribution in [0.1, 0.15) is 42.8 Å². The van der Waals surface area contributed by atoms with E-state index in [9.17, 15) is 4.79 Å². The highest BCUT2D eigenvalue weighted by molar-refractivity contribution is 5.90. The van der Waals surface area contributed by atoms with Crippen LogP contribution in [-0.2, 0) is 0 Å². The smallest absolute Gasteiger partial charge is 0.316 e. The monoisotopic (exact) mass is 336 g/mol. The number of aromatic nitrogens is 3. The summed E-state index contributed by atoms with van der Waals surface area (Å²) in [6, 6.07) is 12.0. The van der Waals surface area contributed by atoms with Crippen molar-refractivity contribution >= 4 is 5.91 Å². The van der Waals surface area contributed by atoms with Crippen molar-refractivity contribution in [1.29, 1.82) is 0 Å². The van der Waals surface area contributed by atoms with Crippen LogP contribution in [0.3, 0.4) is 0 Å². The number of carbonyl (C=O) groups is 1. The van der Waals surface area contributed by atoms with Gasteiger partial charge in [0.05, 0.1) is 0 Å². The van der Waals surface area contributed by atoms with Crippen LogP contribution in [0, 0.1) is 0 Å². The Labute approximate surface area is 145 Å². The zero-order valence-electron chi connectivity index (χ0n) is 13.9. The maximum atomic E-state index is 12.3. The van der Waals surface area contributed by atoms with Crippen molar-refractivity contribution in [3.8, 4) is 17.1 Å². The number of nitrogens with zero attached hydrogens (tertiary/aromatic N) is 3. The van der Waals surface area contributed by atoms with E-state index in [4.69, 9.17) is 4.52 Å². The number of hydrogen-bond acceptors (Lipinski definition) is 4. The molecule has 1 aliphatic carbocycles. The van der Waals surface area contributed by atoms with Crippen LogP contribution >= 0.6 is 0 Å². The molecule has 0 radical (unpaired) electrons. The Balaban J connectivity index is 1.46. The Morgan fingerprint density at radius 3 is 2.52 bits per heavy atom. The highest BCUT2D eigenvalue weighted by Gasteiger charge is 2.21. The second kappa shape index (κ2) is 6.93. The van der Waals surface area contributed by atoms with Crippen molar-refractivity contribution in [3.05, 3.63) is 54.7 Å². The summed E-state index contributed by atoms with van der Waals surface area (Å²) in [4.78, 5) is 16.5. The van der Waals surface area contributed by atoms with Gasteiger partial charge in [0, 0.05) is 29.7 Å². The molecule has 1 aromatic carbocycles. The number of nitrogens with one attached hydrogen (secondary N) is 1. The first kappa shape index (κ1) is 15.6. The van der Waals surface area contributed by atoms with Gasteiger partial charge in [0.2, 0.25) is 5.82 Å². The third kappa shape index (κ3) is 3.47. The molecule has 128 valence electrons. The molecule has 1 N–H and O–H groups in total. The molecule has 25 heavy (non-hydrogen) atoms. The lowest BCUT2D eigenvalue weighted by molar-refractivity contribution is 0.0883. The number of hydrogen-bond donors (Lipinski definition) is 1. The third-order valence-corrected chi connectivity index (χ3v) is 4.59. The second-order valence-corrected chi connectivity index (χ2v) is 6.37. The van der Waals surface area contributed by atoms with Gasteiger partial charge in [-0.05, 0) is 49.2 Å². The molecule has 0 spiro atoms. The van der Waals surface area contributed by atoms with Gasteiger partial charge < -0.3 is 14.4 Å². The minimum absolute atomic E-state index is 0.0232. The standard InChI is InChI=1S/C19H20N4O2/c24-18(20-15-6-2-1-3-7-15)19-21-17(22-25-19)14-8-10-16(11-9-14)23-12-4-5-13-23/h4-5,8-13,15H,1-3,6-7H2,(H,20,24). The Morgan fingerprint density at radius 2 is 1.80 bits per heavy atom. The Hall–Kier alpha value is -2.89. The van der Waals surface area contributed by atoms with E-state index in [2.05, 4.69) is 15.5 Å². The fourth-order valence-corrected chi connectivity index (χ4v) is 3.22. The largest absolute Gasteiger partial charge is 0.345 e. The van der Waals surface area contributed by atoms with Crippen LogP contribution in [0.5, 0.6) is 0 Å². The quantitative estimate of drug-likeness (QED) is 0.790. The number of amides is 1. The summed E-state index contributed by atoms with van der Waals surface area (Å²) >= 11 is 0. The molecule has 2 aromatic heterocycles. The third-order valence-electron chi connectivity index (χ3n) is 4.59. The molecular formula is C19H20N4O2. The SMILES string of the molecule is O=C(NC1CCCCC1)c1nc(-c2ccc(-n3cccc3)cc2)no1. The first-order valence-corrected chi connectivity index (χ1v) is 8.68. The molecule has 3 aromatic rings. The molecule has 1 fully saturated rings. The lowest BCUT2D eigenvalue weighted by atomic mass is 9.95. The number of benzene rings is 1. The van der Waals surface area contributed by atoms with Crippen molar-refractivity contribution in [2.45, 2.75) is 38.1 Å². The normalized spacial score (nSPS) is 15.2. The molecule has 0 saturated heterocycles. The summed E-state index contributed by atoms with van der Waals surface area (Å²) in [5.41, 5.74) is 1.86. The molecule has 0 aliphatic heterocycles. The lowest BCUT2D eigenvalue weighted by Gasteiger charge is -2.21. The molecule has 2 heterocycles. The van der Waals surface area contributed by atoms with Crippen molar-refractivity contribution in [3.63, 3.8) is 0 Å². The van der Waals surface area contributed by atoms with Crippen LogP contribution in [0.4, 0.5) is 0 Å². The van der Waals surface area contributed by atoms with Crippen LogP contribution in [0.2, 0.25) is 0 Å². The lowest BCUT2D eigenvalue weighted by Crippen LogP contribution is -2.36. The van der Waals surface area contributed by atoms with Crippen LogP contribution in [0.15, 0.2) is 53.3 Å². The van der Waals surface area contributed by atoms with Gasteiger partial charge in [0.1, 0.15) is 0 Å². The molecule has 0 unspecified atom stereocenters. The summed E-state index contributed by atoms with van der Waals surface area (Å²) in [5, 5.41) is 6.93. The topological polar surface area (TPSA) is 73.0 Å². The Morgan fingerprint density at radius 1 is 1.08 bits per heavy atom. The van der Waals surface area contributed by atoms with E-state index in [1.807, 2.05) is 53.4 Å². The molecule has 1 aliphatic rings. The number of rotatable bonds is 4. The predicted octanol–water partition coefficient (Wildman–Crippen LogP) is 3.59. The highest BCUT2D eigenvalue weighted by Crippen LogP contribution is 2.20. The Bertz CT molecular complexity index is 831. The van der Waals surface area contributed by atoms with Gasteiger partial charge >= 0.3 is 11.8 Å². The van der Waals surface area contributed by atoms with Gasteiger partial charge in [0.15, 0.2) is 0 Å². The van der Waals surface area contributed by atoms with E-state index in [1.165, 1.54) is 6.42 Å². The predicted molar refractivity (Wildman–Crippen MR) is 93.4 cm³/mol. The summed E-state index contributed by atoms with van der Waals surface area (Å²) < 4.78 is 7.16. The van der Waals surface area contributed by atoms with Crippen molar-refractivity contribution in [2.24, 2.45) is 0 Å². The summed E-state index contributed by atoms with van der Waals surface area (Å²) in [7, 11) is 0. The minimum atomic E-state index is -0.283. The van der Waals surface area contributed by atoms with Gasteiger partial charge in [-0.3, -0.25) is 4.79 Å². The molecule has 1 amide bonds. The van der Waals surface area contributed by atoms with Gasteiger partial charge in [-0.25, -0.2) is 0 Å². The molecule has 4 rings (SSSR count). The van der Waals surface area contributed by atoms with E-state index in [1.54, 1.807) is 0 Å². The van der Waals surface area contributed by atoms with E-state index < -0.39 is 0 Å². The fraction of sp³-hybridized carbons (Fsp3) is 0.316. The van der Waals surface area contributed by atoms with E-state index in [0.29, 0.717) is 5.82 Å². The highest BCUT2D eigenvalue weighted by atomic mass is 16.5. The van der Waals surface area contributed by atoms with Crippen LogP contribution in [-0.4, -0.2) is 26.7 Å². The number of carbonyl (C=O) groups excluding carboxylic acids is 1. The molecular weight excluding hydrogens is 316 g/mol. The van der Waals surface area contributed by atoms with E-state index in [0.717, 1.165) is 36.9 Å². The van der Waals surface area contributed by atoms with Crippen molar-refractivity contribution < 1.29 is 9.32 Å².